The summed E-state index contributed by atoms with van der Waals surface area (Å²) >= 11 is 1.35. The molecule has 0 radical (unpaired) electrons. The van der Waals surface area contributed by atoms with Crippen LogP contribution in [0.1, 0.15) is 54.0 Å². The molecule has 4 rings (SSSR count). The van der Waals surface area contributed by atoms with Gasteiger partial charge in [0.15, 0.2) is 5.16 Å². The first-order valence-electron chi connectivity index (χ1n) is 8.16. The van der Waals surface area contributed by atoms with Crippen LogP contribution < -0.4 is 5.32 Å². The molecule has 2 saturated carbocycles. The summed E-state index contributed by atoms with van der Waals surface area (Å²) in [5.74, 6) is 1.08. The van der Waals surface area contributed by atoms with Crippen molar-refractivity contribution >= 4 is 23.6 Å². The number of aryl methyl sites for hydroxylation is 1. The first kappa shape index (κ1) is 15.4. The normalized spacial score (nSPS) is 17.0. The highest BCUT2D eigenvalue weighted by Crippen LogP contribution is 2.45. The molecule has 2 aliphatic carbocycles. The van der Waals surface area contributed by atoms with Crippen LogP contribution in [-0.4, -0.2) is 36.9 Å². The van der Waals surface area contributed by atoms with Gasteiger partial charge in [0.2, 0.25) is 5.91 Å². The van der Waals surface area contributed by atoms with Crippen LogP contribution in [0.3, 0.4) is 0 Å². The van der Waals surface area contributed by atoms with E-state index < -0.39 is 0 Å². The van der Waals surface area contributed by atoms with Crippen molar-refractivity contribution in [2.24, 2.45) is 7.05 Å². The van der Waals surface area contributed by atoms with Gasteiger partial charge in [-0.3, -0.25) is 14.9 Å². The summed E-state index contributed by atoms with van der Waals surface area (Å²) < 4.78 is 3.88. The highest BCUT2D eigenvalue weighted by Gasteiger charge is 2.36. The van der Waals surface area contributed by atoms with E-state index in [9.17, 15) is 9.59 Å². The lowest BCUT2D eigenvalue weighted by Crippen LogP contribution is -2.33. The molecular formula is C16H19N5O2S. The fourth-order valence-electron chi connectivity index (χ4n) is 2.74. The molecule has 0 aromatic carbocycles. The van der Waals surface area contributed by atoms with Gasteiger partial charge in [0.1, 0.15) is 11.5 Å². The minimum absolute atomic E-state index is 0.158. The molecule has 7 nitrogen and oxygen atoms in total. The summed E-state index contributed by atoms with van der Waals surface area (Å²) in [5, 5.41) is 11.8. The van der Waals surface area contributed by atoms with Crippen LogP contribution in [0.15, 0.2) is 23.5 Å². The summed E-state index contributed by atoms with van der Waals surface area (Å²) in [7, 11) is 1.77. The third-order valence-electron chi connectivity index (χ3n) is 4.31. The van der Waals surface area contributed by atoms with E-state index in [-0.39, 0.29) is 17.6 Å². The molecule has 2 aliphatic rings. The molecule has 0 unspecified atom stereocenters. The Hall–Kier alpha value is -2.09. The monoisotopic (exact) mass is 345 g/mol. The predicted octanol–water partition coefficient (Wildman–Crippen LogP) is 1.88. The van der Waals surface area contributed by atoms with E-state index in [1.54, 1.807) is 29.9 Å². The topological polar surface area (TPSA) is 81.8 Å². The van der Waals surface area contributed by atoms with Crippen molar-refractivity contribution in [3.63, 3.8) is 0 Å². The Labute approximate surface area is 143 Å². The summed E-state index contributed by atoms with van der Waals surface area (Å²) in [6.45, 7) is 0. The number of nitrogens with one attached hydrogen (secondary N) is 1. The average Bonchev–Trinajstić information content (AvgIpc) is 3.48. The third-order valence-corrected chi connectivity index (χ3v) is 5.25. The SMILES string of the molecule is Cn1cccc1C(=O)NC(=O)CSc1nnc(C2CC2)n1C1CC1. The Balaban J connectivity index is 1.37. The van der Waals surface area contributed by atoms with Crippen LogP contribution in [0.2, 0.25) is 0 Å². The van der Waals surface area contributed by atoms with Gasteiger partial charge >= 0.3 is 0 Å². The number of aromatic nitrogens is 4. The number of nitrogens with zero attached hydrogens (tertiary/aromatic N) is 4. The Bertz CT molecular complexity index is 788. The number of hydrogen-bond donors (Lipinski definition) is 1. The van der Waals surface area contributed by atoms with Gasteiger partial charge in [0.05, 0.1) is 5.75 Å². The van der Waals surface area contributed by atoms with Gasteiger partial charge < -0.3 is 9.13 Å². The molecule has 0 bridgehead atoms. The van der Waals surface area contributed by atoms with Crippen molar-refractivity contribution in [3.8, 4) is 0 Å². The van der Waals surface area contributed by atoms with Crippen molar-refractivity contribution in [3.05, 3.63) is 29.8 Å². The smallest absolute Gasteiger partial charge is 0.274 e. The van der Waals surface area contributed by atoms with Crippen molar-refractivity contribution in [2.75, 3.05) is 5.75 Å². The quantitative estimate of drug-likeness (QED) is 0.809. The molecule has 8 heteroatoms. The number of amides is 2. The summed E-state index contributed by atoms with van der Waals surface area (Å²) in [6.07, 6.45) is 6.45. The lowest BCUT2D eigenvalue weighted by atomic mass is 10.4. The van der Waals surface area contributed by atoms with E-state index >= 15 is 0 Å². The second kappa shape index (κ2) is 6.08. The maximum atomic E-state index is 12.1. The largest absolute Gasteiger partial charge is 0.347 e. The first-order chi connectivity index (χ1) is 11.6. The zero-order valence-electron chi connectivity index (χ0n) is 13.4. The number of thioether (sulfide) groups is 1. The number of carbonyl (C=O) groups excluding carboxylic acids is 2. The van der Waals surface area contributed by atoms with Gasteiger partial charge in [0.25, 0.3) is 5.91 Å². The Morgan fingerprint density at radius 1 is 1.29 bits per heavy atom. The van der Waals surface area contributed by atoms with E-state index in [1.807, 2.05) is 0 Å². The van der Waals surface area contributed by atoms with E-state index in [2.05, 4.69) is 20.1 Å². The summed E-state index contributed by atoms with van der Waals surface area (Å²) in [5.41, 5.74) is 0.463. The summed E-state index contributed by atoms with van der Waals surface area (Å²) in [4.78, 5) is 24.1. The molecule has 2 aromatic rings. The first-order valence-corrected chi connectivity index (χ1v) is 9.15. The third kappa shape index (κ3) is 3.10. The maximum absolute atomic E-state index is 12.1. The van der Waals surface area contributed by atoms with Gasteiger partial charge in [0, 0.05) is 25.2 Å². The zero-order valence-corrected chi connectivity index (χ0v) is 14.3. The van der Waals surface area contributed by atoms with Crippen LogP contribution in [0.5, 0.6) is 0 Å². The molecule has 0 spiro atoms. The minimum atomic E-state index is -0.379. The summed E-state index contributed by atoms with van der Waals surface area (Å²) in [6, 6.07) is 3.94. The standard InChI is InChI=1S/C16H19N5O2S/c1-20-8-2-3-12(20)15(23)17-13(22)9-24-16-19-18-14(10-4-5-10)21(16)11-6-7-11/h2-3,8,10-11H,4-7,9H2,1H3,(H,17,22,23). The molecule has 0 saturated heterocycles. The average molecular weight is 345 g/mol. The molecule has 0 aliphatic heterocycles. The Morgan fingerprint density at radius 3 is 2.71 bits per heavy atom. The van der Waals surface area contributed by atoms with E-state index in [1.165, 1.54) is 24.6 Å². The second-order valence-corrected chi connectivity index (χ2v) is 7.33. The van der Waals surface area contributed by atoms with E-state index in [0.29, 0.717) is 17.7 Å². The van der Waals surface area contributed by atoms with Gasteiger partial charge in [-0.1, -0.05) is 11.8 Å². The highest BCUT2D eigenvalue weighted by molar-refractivity contribution is 7.99. The number of rotatable bonds is 6. The molecular weight excluding hydrogens is 326 g/mol. The second-order valence-electron chi connectivity index (χ2n) is 6.39. The van der Waals surface area contributed by atoms with Gasteiger partial charge in [-0.05, 0) is 37.8 Å². The minimum Gasteiger partial charge on any atom is -0.347 e. The van der Waals surface area contributed by atoms with Crippen LogP contribution >= 0.6 is 11.8 Å². The number of hydrogen-bond acceptors (Lipinski definition) is 5. The maximum Gasteiger partial charge on any atom is 0.274 e. The van der Waals surface area contributed by atoms with Crippen LogP contribution in [0.4, 0.5) is 0 Å². The van der Waals surface area contributed by atoms with Crippen molar-refractivity contribution in [2.45, 2.75) is 42.8 Å². The van der Waals surface area contributed by atoms with Crippen molar-refractivity contribution in [1.82, 2.24) is 24.6 Å². The number of imide groups is 1. The molecule has 0 atom stereocenters. The molecule has 1 N–H and O–H groups in total. The van der Waals surface area contributed by atoms with E-state index in [4.69, 9.17) is 0 Å². The number of carbonyl (C=O) groups is 2. The zero-order chi connectivity index (χ0) is 16.7. The van der Waals surface area contributed by atoms with E-state index in [0.717, 1.165) is 23.8 Å². The highest BCUT2D eigenvalue weighted by atomic mass is 32.2. The predicted molar refractivity (Wildman–Crippen MR) is 88.9 cm³/mol. The fourth-order valence-corrected chi connectivity index (χ4v) is 3.55. The van der Waals surface area contributed by atoms with Crippen LogP contribution in [-0.2, 0) is 11.8 Å². The molecule has 2 amide bonds. The molecule has 2 heterocycles. The van der Waals surface area contributed by atoms with Crippen LogP contribution in [0, 0.1) is 0 Å². The fraction of sp³-hybridized carbons (Fsp3) is 0.500. The lowest BCUT2D eigenvalue weighted by Gasteiger charge is -2.08. The van der Waals surface area contributed by atoms with Gasteiger partial charge in [-0.25, -0.2) is 0 Å². The Kier molecular flexibility index (Phi) is 3.91. The van der Waals surface area contributed by atoms with Gasteiger partial charge in [-0.2, -0.15) is 0 Å². The molecule has 2 aromatic heterocycles. The van der Waals surface area contributed by atoms with Gasteiger partial charge in [-0.15, -0.1) is 10.2 Å². The Morgan fingerprint density at radius 2 is 2.08 bits per heavy atom. The molecule has 24 heavy (non-hydrogen) atoms. The van der Waals surface area contributed by atoms with Crippen molar-refractivity contribution < 1.29 is 9.59 Å². The lowest BCUT2D eigenvalue weighted by molar-refractivity contribution is -0.117. The van der Waals surface area contributed by atoms with Crippen LogP contribution in [0.25, 0.3) is 0 Å². The van der Waals surface area contributed by atoms with Crippen molar-refractivity contribution in [1.29, 1.82) is 0 Å². The molecule has 2 fully saturated rings. The molecule has 126 valence electrons.